The number of fused-ring (bicyclic) bond motifs is 2. The number of benzene rings is 2. The molecule has 0 saturated heterocycles. The standard InChI is InChI=1S/C28H26F3N3O5/c29-28(30,31)39-18-9-5-16(6-10-18)25(36)23(35)13-27(26(37)38,34-17-7-8-17)24-19-2-1-3-21(19)33-22-11-4-15(14-32)12-20(22)24/h4-6,9-12,17,19,21,24,33-34H,1-3,7-8,13H2,(H,37,38)/t19-,21+,24?,27?/m0/s1. The van der Waals surface area contributed by atoms with E-state index in [2.05, 4.69) is 21.4 Å². The number of carboxylic acid groups (broad SMARTS) is 1. The van der Waals surface area contributed by atoms with Crippen molar-refractivity contribution in [3.63, 3.8) is 0 Å². The number of carbonyl (C=O) groups excluding carboxylic acids is 2. The number of Topliss-reactive ketones (excluding diaryl/α,β-unsaturated/α-hetero) is 2. The van der Waals surface area contributed by atoms with Gasteiger partial charge in [-0.2, -0.15) is 5.26 Å². The fourth-order valence-electron chi connectivity index (χ4n) is 6.06. The first-order valence-electron chi connectivity index (χ1n) is 12.8. The van der Waals surface area contributed by atoms with E-state index in [9.17, 15) is 37.9 Å². The van der Waals surface area contributed by atoms with Crippen LogP contribution in [0.5, 0.6) is 5.75 Å². The maximum atomic E-state index is 13.4. The van der Waals surface area contributed by atoms with Crippen molar-refractivity contribution in [3.8, 4) is 11.8 Å². The number of nitrogens with zero attached hydrogens (tertiary/aromatic N) is 1. The quantitative estimate of drug-likeness (QED) is 0.312. The van der Waals surface area contributed by atoms with Gasteiger partial charge in [0.25, 0.3) is 0 Å². The van der Waals surface area contributed by atoms with Crippen molar-refractivity contribution in [3.05, 3.63) is 59.2 Å². The molecular weight excluding hydrogens is 515 g/mol. The molecule has 0 radical (unpaired) electrons. The Bertz CT molecular complexity index is 1350. The zero-order chi connectivity index (χ0) is 27.9. The van der Waals surface area contributed by atoms with E-state index in [4.69, 9.17) is 0 Å². The average Bonchev–Trinajstić information content (AvgIpc) is 3.58. The predicted octanol–water partition coefficient (Wildman–Crippen LogP) is 4.55. The van der Waals surface area contributed by atoms with Gasteiger partial charge in [-0.1, -0.05) is 6.42 Å². The van der Waals surface area contributed by atoms with Gasteiger partial charge in [0.1, 0.15) is 11.3 Å². The van der Waals surface area contributed by atoms with Crippen LogP contribution in [-0.2, 0) is 9.59 Å². The van der Waals surface area contributed by atoms with Crippen molar-refractivity contribution in [2.75, 3.05) is 5.32 Å². The third-order valence-electron chi connectivity index (χ3n) is 7.85. The normalized spacial score (nSPS) is 23.4. The lowest BCUT2D eigenvalue weighted by atomic mass is 9.65. The van der Waals surface area contributed by atoms with Gasteiger partial charge in [-0.05, 0) is 79.6 Å². The summed E-state index contributed by atoms with van der Waals surface area (Å²) < 4.78 is 41.3. The molecule has 1 heterocycles. The largest absolute Gasteiger partial charge is 0.573 e. The zero-order valence-corrected chi connectivity index (χ0v) is 20.8. The number of anilines is 1. The second kappa shape index (κ2) is 10.0. The van der Waals surface area contributed by atoms with Crippen LogP contribution < -0.4 is 15.4 Å². The fourth-order valence-corrected chi connectivity index (χ4v) is 6.06. The van der Waals surface area contributed by atoms with E-state index in [1.54, 1.807) is 18.2 Å². The molecule has 0 spiro atoms. The summed E-state index contributed by atoms with van der Waals surface area (Å²) in [6, 6.07) is 10.9. The molecule has 1 aliphatic heterocycles. The summed E-state index contributed by atoms with van der Waals surface area (Å²) in [6.45, 7) is 0. The molecule has 4 atom stereocenters. The number of halogens is 3. The van der Waals surface area contributed by atoms with Crippen molar-refractivity contribution < 1.29 is 37.4 Å². The van der Waals surface area contributed by atoms with Crippen LogP contribution in [-0.4, -0.2) is 46.6 Å². The molecule has 2 unspecified atom stereocenters. The SMILES string of the molecule is N#Cc1ccc2c(c1)C(C(CC(=O)C(=O)c1ccc(OC(F)(F)F)cc1)(NC1CC1)C(=O)O)[C@H]1CCC[C@H]1N2. The molecule has 8 nitrogen and oxygen atoms in total. The average molecular weight is 542 g/mol. The predicted molar refractivity (Wildman–Crippen MR) is 132 cm³/mol. The Balaban J connectivity index is 1.52. The monoisotopic (exact) mass is 541 g/mol. The van der Waals surface area contributed by atoms with Crippen LogP contribution in [0, 0.1) is 17.2 Å². The Hall–Kier alpha value is -3.91. The molecule has 0 amide bonds. The summed E-state index contributed by atoms with van der Waals surface area (Å²) in [4.78, 5) is 39.7. The minimum absolute atomic E-state index is 0.0258. The van der Waals surface area contributed by atoms with E-state index >= 15 is 0 Å². The van der Waals surface area contributed by atoms with E-state index in [1.165, 1.54) is 0 Å². The van der Waals surface area contributed by atoms with Gasteiger partial charge in [-0.3, -0.25) is 19.7 Å². The summed E-state index contributed by atoms with van der Waals surface area (Å²) in [6.07, 6.45) is -1.73. The van der Waals surface area contributed by atoms with Crippen molar-refractivity contribution in [1.82, 2.24) is 5.32 Å². The molecule has 0 aromatic heterocycles. The Labute approximate surface area is 222 Å². The van der Waals surface area contributed by atoms with Crippen molar-refractivity contribution >= 4 is 23.2 Å². The summed E-state index contributed by atoms with van der Waals surface area (Å²) in [5, 5.41) is 26.9. The first-order chi connectivity index (χ1) is 18.5. The van der Waals surface area contributed by atoms with Gasteiger partial charge in [0.15, 0.2) is 0 Å². The number of carbonyl (C=O) groups is 3. The maximum Gasteiger partial charge on any atom is 0.573 e. The van der Waals surface area contributed by atoms with Crippen LogP contribution >= 0.6 is 0 Å². The summed E-state index contributed by atoms with van der Waals surface area (Å²) >= 11 is 0. The lowest BCUT2D eigenvalue weighted by Gasteiger charge is -2.47. The number of aliphatic carboxylic acids is 1. The number of rotatable bonds is 9. The number of hydrogen-bond acceptors (Lipinski definition) is 7. The molecule has 0 bridgehead atoms. The molecule has 2 aromatic rings. The lowest BCUT2D eigenvalue weighted by molar-refractivity contribution is -0.274. The minimum Gasteiger partial charge on any atom is -0.480 e. The zero-order valence-electron chi connectivity index (χ0n) is 20.8. The third kappa shape index (κ3) is 5.34. The van der Waals surface area contributed by atoms with Gasteiger partial charge in [-0.25, -0.2) is 0 Å². The minimum atomic E-state index is -4.91. The van der Waals surface area contributed by atoms with Crippen LogP contribution in [0.15, 0.2) is 42.5 Å². The Kier molecular flexibility index (Phi) is 6.84. The molecule has 204 valence electrons. The van der Waals surface area contributed by atoms with Crippen LogP contribution in [0.25, 0.3) is 0 Å². The van der Waals surface area contributed by atoms with E-state index in [1.807, 2.05) is 0 Å². The lowest BCUT2D eigenvalue weighted by Crippen LogP contribution is -2.62. The first-order valence-corrected chi connectivity index (χ1v) is 12.8. The van der Waals surface area contributed by atoms with Gasteiger partial charge in [0.2, 0.25) is 11.6 Å². The van der Waals surface area contributed by atoms with Crippen molar-refractivity contribution in [2.45, 2.75) is 68.4 Å². The Morgan fingerprint density at radius 2 is 1.79 bits per heavy atom. The van der Waals surface area contributed by atoms with E-state index < -0.39 is 47.5 Å². The van der Waals surface area contributed by atoms with Crippen molar-refractivity contribution in [1.29, 1.82) is 5.26 Å². The van der Waals surface area contributed by atoms with E-state index in [0.717, 1.165) is 49.9 Å². The Morgan fingerprint density at radius 3 is 2.41 bits per heavy atom. The van der Waals surface area contributed by atoms with Gasteiger partial charge in [0.05, 0.1) is 11.6 Å². The highest BCUT2D eigenvalue weighted by Gasteiger charge is 2.57. The number of ketones is 2. The number of ether oxygens (including phenoxy) is 1. The molecule has 3 N–H and O–H groups in total. The first kappa shape index (κ1) is 26.7. The number of nitriles is 1. The topological polar surface area (TPSA) is 129 Å². The molecule has 11 heteroatoms. The fraction of sp³-hybridized carbons (Fsp3) is 0.429. The van der Waals surface area contributed by atoms with Gasteiger partial charge in [0, 0.05) is 35.7 Å². The maximum absolute atomic E-state index is 13.4. The molecular formula is C28H26F3N3O5. The second-order valence-corrected chi connectivity index (χ2v) is 10.4. The Morgan fingerprint density at radius 1 is 1.08 bits per heavy atom. The van der Waals surface area contributed by atoms with Crippen molar-refractivity contribution in [2.24, 2.45) is 5.92 Å². The van der Waals surface area contributed by atoms with Crippen LogP contribution in [0.2, 0.25) is 0 Å². The molecule has 3 aliphatic rings. The van der Waals surface area contributed by atoms with Gasteiger partial charge < -0.3 is 15.2 Å². The number of alkyl halides is 3. The van der Waals surface area contributed by atoms with E-state index in [-0.39, 0.29) is 23.6 Å². The number of nitrogens with one attached hydrogen (secondary N) is 2. The molecule has 2 aliphatic carbocycles. The molecule has 2 aromatic carbocycles. The van der Waals surface area contributed by atoms with Crippen LogP contribution in [0.4, 0.5) is 18.9 Å². The van der Waals surface area contributed by atoms with Crippen LogP contribution in [0.3, 0.4) is 0 Å². The second-order valence-electron chi connectivity index (χ2n) is 10.4. The highest BCUT2D eigenvalue weighted by Crippen LogP contribution is 2.52. The third-order valence-corrected chi connectivity index (χ3v) is 7.85. The number of carboxylic acids is 1. The smallest absolute Gasteiger partial charge is 0.480 e. The molecule has 5 rings (SSSR count). The van der Waals surface area contributed by atoms with Gasteiger partial charge >= 0.3 is 12.3 Å². The summed E-state index contributed by atoms with van der Waals surface area (Å²) in [7, 11) is 0. The highest BCUT2D eigenvalue weighted by molar-refractivity contribution is 6.44. The summed E-state index contributed by atoms with van der Waals surface area (Å²) in [5.74, 6) is -4.65. The molecule has 2 saturated carbocycles. The molecule has 39 heavy (non-hydrogen) atoms. The molecule has 2 fully saturated rings. The summed E-state index contributed by atoms with van der Waals surface area (Å²) in [5.41, 5.74) is -0.334. The van der Waals surface area contributed by atoms with Crippen LogP contribution in [0.1, 0.15) is 65.9 Å². The highest BCUT2D eigenvalue weighted by atomic mass is 19.4. The van der Waals surface area contributed by atoms with Gasteiger partial charge in [-0.15, -0.1) is 13.2 Å². The van der Waals surface area contributed by atoms with E-state index in [0.29, 0.717) is 23.2 Å². The number of hydrogen-bond donors (Lipinski definition) is 3.